The Balaban J connectivity index is 1.56. The number of hydrogen-bond acceptors (Lipinski definition) is 4. The van der Waals surface area contributed by atoms with Gasteiger partial charge in [-0.25, -0.2) is 9.97 Å². The molecule has 2 aromatic rings. The highest BCUT2D eigenvalue weighted by atomic mass is 16.1. The number of nitrogens with one attached hydrogen (secondary N) is 1. The zero-order chi connectivity index (χ0) is 17.5. The van der Waals surface area contributed by atoms with Crippen LogP contribution < -0.4 is 10.2 Å². The Kier molecular flexibility index (Phi) is 5.77. The van der Waals surface area contributed by atoms with Crippen molar-refractivity contribution in [2.24, 2.45) is 0 Å². The van der Waals surface area contributed by atoms with Gasteiger partial charge in [0, 0.05) is 25.4 Å². The number of nitrogens with zero attached hydrogens (tertiary/aromatic N) is 3. The van der Waals surface area contributed by atoms with Crippen LogP contribution in [0.1, 0.15) is 36.2 Å². The minimum Gasteiger partial charge on any atom is -0.357 e. The SMILES string of the molecule is Cc1ccccc1/C=C/C(=O)NCc1nccc(N2CCCCC2)n1. The summed E-state index contributed by atoms with van der Waals surface area (Å²) < 4.78 is 0. The van der Waals surface area contributed by atoms with Gasteiger partial charge in [0.05, 0.1) is 6.54 Å². The summed E-state index contributed by atoms with van der Waals surface area (Å²) in [4.78, 5) is 23.1. The second-order valence-corrected chi connectivity index (χ2v) is 6.29. The molecule has 1 aromatic heterocycles. The molecule has 0 bridgehead atoms. The topological polar surface area (TPSA) is 58.1 Å². The number of carbonyl (C=O) groups is 1. The number of amides is 1. The summed E-state index contributed by atoms with van der Waals surface area (Å²) in [5.74, 6) is 1.45. The van der Waals surface area contributed by atoms with Crippen LogP contribution >= 0.6 is 0 Å². The fraction of sp³-hybridized carbons (Fsp3) is 0.350. The van der Waals surface area contributed by atoms with Crippen molar-refractivity contribution in [3.05, 3.63) is 59.6 Å². The number of piperidine rings is 1. The van der Waals surface area contributed by atoms with Crippen LogP contribution in [0.15, 0.2) is 42.6 Å². The second kappa shape index (κ2) is 8.42. The molecule has 1 aromatic carbocycles. The van der Waals surface area contributed by atoms with Crippen molar-refractivity contribution in [2.45, 2.75) is 32.7 Å². The van der Waals surface area contributed by atoms with Gasteiger partial charge in [-0.3, -0.25) is 4.79 Å². The summed E-state index contributed by atoms with van der Waals surface area (Å²) in [7, 11) is 0. The molecule has 2 heterocycles. The third-order valence-electron chi connectivity index (χ3n) is 4.39. The lowest BCUT2D eigenvalue weighted by Gasteiger charge is -2.27. The summed E-state index contributed by atoms with van der Waals surface area (Å²) >= 11 is 0. The lowest BCUT2D eigenvalue weighted by atomic mass is 10.1. The average molecular weight is 336 g/mol. The number of benzene rings is 1. The van der Waals surface area contributed by atoms with Crippen LogP contribution in [0.25, 0.3) is 6.08 Å². The van der Waals surface area contributed by atoms with Crippen LogP contribution in [-0.2, 0) is 11.3 Å². The highest BCUT2D eigenvalue weighted by Gasteiger charge is 2.12. The third kappa shape index (κ3) is 4.89. The molecule has 1 aliphatic rings. The van der Waals surface area contributed by atoms with E-state index in [1.54, 1.807) is 12.3 Å². The minimum atomic E-state index is -0.143. The van der Waals surface area contributed by atoms with E-state index in [-0.39, 0.29) is 5.91 Å². The van der Waals surface area contributed by atoms with Gasteiger partial charge in [-0.1, -0.05) is 24.3 Å². The van der Waals surface area contributed by atoms with Gasteiger partial charge >= 0.3 is 0 Å². The molecule has 0 saturated carbocycles. The highest BCUT2D eigenvalue weighted by Crippen LogP contribution is 2.16. The van der Waals surface area contributed by atoms with Crippen molar-refractivity contribution in [3.8, 4) is 0 Å². The van der Waals surface area contributed by atoms with E-state index in [1.165, 1.54) is 19.3 Å². The average Bonchev–Trinajstić information content (AvgIpc) is 2.67. The number of rotatable bonds is 5. The van der Waals surface area contributed by atoms with Gasteiger partial charge in [0.15, 0.2) is 0 Å². The summed E-state index contributed by atoms with van der Waals surface area (Å²) in [6.07, 6.45) is 8.85. The Bertz CT molecular complexity index is 751. The molecular formula is C20H24N4O. The van der Waals surface area contributed by atoms with Crippen LogP contribution in [0.4, 0.5) is 5.82 Å². The van der Waals surface area contributed by atoms with Crippen molar-refractivity contribution in [1.82, 2.24) is 15.3 Å². The van der Waals surface area contributed by atoms with Crippen molar-refractivity contribution < 1.29 is 4.79 Å². The van der Waals surface area contributed by atoms with E-state index in [2.05, 4.69) is 20.2 Å². The molecule has 0 spiro atoms. The minimum absolute atomic E-state index is 0.143. The Morgan fingerprint density at radius 2 is 2.00 bits per heavy atom. The first-order valence-corrected chi connectivity index (χ1v) is 8.81. The Morgan fingerprint density at radius 1 is 1.20 bits per heavy atom. The lowest BCUT2D eigenvalue weighted by Crippen LogP contribution is -2.30. The van der Waals surface area contributed by atoms with Crippen molar-refractivity contribution in [2.75, 3.05) is 18.0 Å². The third-order valence-corrected chi connectivity index (χ3v) is 4.39. The lowest BCUT2D eigenvalue weighted by molar-refractivity contribution is -0.116. The van der Waals surface area contributed by atoms with E-state index in [1.807, 2.05) is 43.3 Å². The van der Waals surface area contributed by atoms with Crippen molar-refractivity contribution in [1.29, 1.82) is 0 Å². The molecular weight excluding hydrogens is 312 g/mol. The predicted octanol–water partition coefficient (Wildman–Crippen LogP) is 3.10. The molecule has 0 radical (unpaired) electrons. The molecule has 5 heteroatoms. The second-order valence-electron chi connectivity index (χ2n) is 6.29. The molecule has 1 fully saturated rings. The van der Waals surface area contributed by atoms with Crippen molar-refractivity contribution >= 4 is 17.8 Å². The largest absolute Gasteiger partial charge is 0.357 e. The summed E-state index contributed by atoms with van der Waals surface area (Å²) in [5, 5.41) is 2.85. The van der Waals surface area contributed by atoms with Gasteiger partial charge < -0.3 is 10.2 Å². The standard InChI is InChI=1S/C20H24N4O/c1-16-7-3-4-8-17(16)9-10-20(25)22-15-18-21-12-11-19(23-18)24-13-5-2-6-14-24/h3-4,7-12H,2,5-6,13-15H2,1H3,(H,22,25)/b10-9+. The van der Waals surface area contributed by atoms with Gasteiger partial charge in [0.1, 0.15) is 11.6 Å². The van der Waals surface area contributed by atoms with Gasteiger partial charge in [0.2, 0.25) is 5.91 Å². The van der Waals surface area contributed by atoms with Gasteiger partial charge in [-0.2, -0.15) is 0 Å². The van der Waals surface area contributed by atoms with Gasteiger partial charge in [-0.05, 0) is 49.5 Å². The normalized spacial score (nSPS) is 14.7. The quantitative estimate of drug-likeness (QED) is 0.853. The van der Waals surface area contributed by atoms with E-state index in [9.17, 15) is 4.79 Å². The maximum Gasteiger partial charge on any atom is 0.244 e. The van der Waals surface area contributed by atoms with Crippen LogP contribution in [0.5, 0.6) is 0 Å². The fourth-order valence-corrected chi connectivity index (χ4v) is 2.94. The molecule has 5 nitrogen and oxygen atoms in total. The number of hydrogen-bond donors (Lipinski definition) is 1. The van der Waals surface area contributed by atoms with Crippen LogP contribution in [-0.4, -0.2) is 29.0 Å². The summed E-state index contributed by atoms with van der Waals surface area (Å²) in [5.41, 5.74) is 2.19. The zero-order valence-corrected chi connectivity index (χ0v) is 14.6. The first kappa shape index (κ1) is 17.1. The Labute approximate surface area is 148 Å². The Hall–Kier alpha value is -2.69. The molecule has 0 atom stereocenters. The van der Waals surface area contributed by atoms with E-state index in [4.69, 9.17) is 0 Å². The summed E-state index contributed by atoms with van der Waals surface area (Å²) in [6, 6.07) is 9.90. The number of aryl methyl sites for hydroxylation is 1. The van der Waals surface area contributed by atoms with E-state index in [0.29, 0.717) is 12.4 Å². The number of anilines is 1. The fourth-order valence-electron chi connectivity index (χ4n) is 2.94. The molecule has 25 heavy (non-hydrogen) atoms. The molecule has 1 saturated heterocycles. The Morgan fingerprint density at radius 3 is 2.80 bits per heavy atom. The van der Waals surface area contributed by atoms with Crippen molar-refractivity contribution in [3.63, 3.8) is 0 Å². The summed E-state index contributed by atoms with van der Waals surface area (Å²) in [6.45, 7) is 4.44. The molecule has 0 aliphatic carbocycles. The maximum absolute atomic E-state index is 12.0. The van der Waals surface area contributed by atoms with Crippen LogP contribution in [0, 0.1) is 6.92 Å². The molecule has 130 valence electrons. The molecule has 1 aliphatic heterocycles. The van der Waals surface area contributed by atoms with Gasteiger partial charge in [-0.15, -0.1) is 0 Å². The van der Waals surface area contributed by atoms with E-state index in [0.717, 1.165) is 30.0 Å². The number of aromatic nitrogens is 2. The first-order chi connectivity index (χ1) is 12.2. The number of carbonyl (C=O) groups excluding carboxylic acids is 1. The molecule has 1 amide bonds. The van der Waals surface area contributed by atoms with E-state index >= 15 is 0 Å². The van der Waals surface area contributed by atoms with Crippen LogP contribution in [0.3, 0.4) is 0 Å². The molecule has 1 N–H and O–H groups in total. The van der Waals surface area contributed by atoms with E-state index < -0.39 is 0 Å². The predicted molar refractivity (Wildman–Crippen MR) is 100 cm³/mol. The highest BCUT2D eigenvalue weighted by molar-refractivity contribution is 5.91. The molecule has 3 rings (SSSR count). The monoisotopic (exact) mass is 336 g/mol. The zero-order valence-electron chi connectivity index (χ0n) is 14.6. The smallest absolute Gasteiger partial charge is 0.244 e. The van der Waals surface area contributed by atoms with Crippen LogP contribution in [0.2, 0.25) is 0 Å². The first-order valence-electron chi connectivity index (χ1n) is 8.81. The van der Waals surface area contributed by atoms with Gasteiger partial charge in [0.25, 0.3) is 0 Å². The maximum atomic E-state index is 12.0. The molecule has 0 unspecified atom stereocenters.